The minimum absolute atomic E-state index is 0.0865. The van der Waals surface area contributed by atoms with E-state index in [1.807, 2.05) is 0 Å². The van der Waals surface area contributed by atoms with Gasteiger partial charge in [0.2, 0.25) is 0 Å². The predicted molar refractivity (Wildman–Crippen MR) is 215 cm³/mol. The zero-order valence-electron chi connectivity index (χ0n) is 32.5. The number of halogens is 4. The lowest BCUT2D eigenvalue weighted by Gasteiger charge is -2.11. The minimum Gasteiger partial charge on any atom is -0.423 e. The molecule has 1 aromatic heterocycles. The molecule has 2 amide bonds. The first kappa shape index (κ1) is 47.8. The van der Waals surface area contributed by atoms with Crippen LogP contribution < -0.4 is 26.2 Å². The normalized spacial score (nSPS) is 11.3. The van der Waals surface area contributed by atoms with Crippen LogP contribution in [0.3, 0.4) is 0 Å². The molecule has 16 nitrogen and oxygen atoms in total. The second-order valence-corrected chi connectivity index (χ2v) is 12.8. The van der Waals surface area contributed by atoms with Crippen LogP contribution in [0.5, 0.6) is 5.75 Å². The van der Waals surface area contributed by atoms with Gasteiger partial charge in [-0.3, -0.25) is 9.59 Å². The molecule has 21 heteroatoms. The van der Waals surface area contributed by atoms with E-state index >= 15 is 0 Å². The summed E-state index contributed by atoms with van der Waals surface area (Å²) in [5.41, 5.74) is 2.51. The van der Waals surface area contributed by atoms with Crippen molar-refractivity contribution in [2.45, 2.75) is 6.36 Å². The molecule has 0 spiro atoms. The van der Waals surface area contributed by atoms with Crippen LogP contribution in [0.15, 0.2) is 79.1 Å². The highest BCUT2D eigenvalue weighted by atomic mass is 35.5. The number of anilines is 2. The first-order valence-corrected chi connectivity index (χ1v) is 19.1. The number of carbonyl (C=O) groups excluding carboxylic acids is 2. The van der Waals surface area contributed by atoms with E-state index in [4.69, 9.17) is 40.0 Å². The van der Waals surface area contributed by atoms with Crippen molar-refractivity contribution in [3.05, 3.63) is 95.3 Å². The number of aromatic nitrogens is 2. The molecular weight excluding hydrogens is 818 g/mol. The lowest BCUT2D eigenvalue weighted by atomic mass is 9.80. The second kappa shape index (κ2) is 26.3. The number of nitrogens with one attached hydrogen (secondary N) is 3. The molecule has 3 aromatic carbocycles. The van der Waals surface area contributed by atoms with Gasteiger partial charge in [-0.25, -0.2) is 9.97 Å². The van der Waals surface area contributed by atoms with Crippen LogP contribution in [0.25, 0.3) is 11.3 Å². The van der Waals surface area contributed by atoms with E-state index in [1.54, 1.807) is 30.3 Å². The van der Waals surface area contributed by atoms with E-state index in [0.717, 1.165) is 0 Å². The molecule has 0 unspecified atom stereocenters. The summed E-state index contributed by atoms with van der Waals surface area (Å²) in [5, 5.41) is 27.0. The molecule has 0 saturated carbocycles. The third-order valence-corrected chi connectivity index (χ3v) is 8.24. The molecular formula is C39H46BClF3N5O11. The number of benzene rings is 3. The average molecular weight is 864 g/mol. The first-order valence-electron chi connectivity index (χ1n) is 18.7. The van der Waals surface area contributed by atoms with Gasteiger partial charge in [0.05, 0.1) is 85.0 Å². The molecule has 5 N–H and O–H groups in total. The smallest absolute Gasteiger partial charge is 0.423 e. The summed E-state index contributed by atoms with van der Waals surface area (Å²) in [6.45, 7) is 4.94. The largest absolute Gasteiger partial charge is 0.573 e. The van der Waals surface area contributed by atoms with Crippen molar-refractivity contribution in [2.24, 2.45) is 0 Å². The van der Waals surface area contributed by atoms with E-state index in [1.165, 1.54) is 48.8 Å². The molecule has 4 rings (SSSR count). The topological polar surface area (TPSA) is 201 Å². The van der Waals surface area contributed by atoms with E-state index in [-0.39, 0.29) is 54.4 Å². The Kier molecular flexibility index (Phi) is 21.0. The Hall–Kier alpha value is -4.90. The third-order valence-electron chi connectivity index (χ3n) is 7.91. The standard InChI is InChI=1S/C39H46BClF3N5O11/c41-34-25-30(4-9-33(34)40(52)53)38(51)46-11-13-55-15-17-57-19-21-59-23-22-58-20-18-56-16-14-54-12-10-45-37(50)29-3-1-2-28(24-29)35-26-36(48-27-47-35)49-31-5-7-32(8-6-31)60-39(42,43)44/h1-9,24-27,52-53H,10-23H2,(H,45,50)(H,46,51)(H,47,48,49). The number of ether oxygens (including phenoxy) is 7. The maximum Gasteiger partial charge on any atom is 0.573 e. The van der Waals surface area contributed by atoms with Crippen LogP contribution >= 0.6 is 11.6 Å². The third kappa shape index (κ3) is 18.6. The van der Waals surface area contributed by atoms with Gasteiger partial charge in [0, 0.05) is 52.0 Å². The van der Waals surface area contributed by atoms with Crippen molar-refractivity contribution in [2.75, 3.05) is 97.7 Å². The summed E-state index contributed by atoms with van der Waals surface area (Å²) in [6, 6.07) is 18.0. The van der Waals surface area contributed by atoms with Gasteiger partial charge in [-0.2, -0.15) is 0 Å². The molecule has 0 radical (unpaired) electrons. The van der Waals surface area contributed by atoms with Gasteiger partial charge in [0.15, 0.2) is 0 Å². The number of rotatable bonds is 28. The SMILES string of the molecule is O=C(NCCOCCOCCOCCOCCOCCOCCNC(=O)c1ccc(B(O)O)c(Cl)c1)c1cccc(-c2cc(Nc3ccc(OC(F)(F)F)cc3)ncn2)c1. The van der Waals surface area contributed by atoms with E-state index in [9.17, 15) is 32.8 Å². The molecule has 0 atom stereocenters. The van der Waals surface area contributed by atoms with Crippen molar-refractivity contribution in [1.82, 2.24) is 20.6 Å². The highest BCUT2D eigenvalue weighted by Gasteiger charge is 2.31. The van der Waals surface area contributed by atoms with Crippen LogP contribution in [0.4, 0.5) is 24.7 Å². The highest BCUT2D eigenvalue weighted by molar-refractivity contribution is 6.62. The van der Waals surface area contributed by atoms with Gasteiger partial charge < -0.3 is 59.2 Å². The number of alkyl halides is 3. The van der Waals surface area contributed by atoms with Gasteiger partial charge in [-0.15, -0.1) is 13.2 Å². The fourth-order valence-electron chi connectivity index (χ4n) is 5.05. The number of nitrogens with zero attached hydrogens (tertiary/aromatic N) is 2. The summed E-state index contributed by atoms with van der Waals surface area (Å²) in [6.07, 6.45) is -3.44. The molecule has 0 bridgehead atoms. The molecule has 0 aliphatic heterocycles. The monoisotopic (exact) mass is 863 g/mol. The maximum atomic E-state index is 12.8. The number of hydrogen-bond acceptors (Lipinski definition) is 14. The van der Waals surface area contributed by atoms with Crippen LogP contribution in [0, 0.1) is 0 Å². The van der Waals surface area contributed by atoms with Crippen molar-refractivity contribution in [3.8, 4) is 17.0 Å². The number of hydrogen-bond donors (Lipinski definition) is 5. The molecule has 1 heterocycles. The van der Waals surface area contributed by atoms with Crippen LogP contribution in [-0.2, 0) is 28.4 Å². The lowest BCUT2D eigenvalue weighted by molar-refractivity contribution is -0.274. The Labute approximate surface area is 349 Å². The maximum absolute atomic E-state index is 12.8. The average Bonchev–Trinajstić information content (AvgIpc) is 3.22. The highest BCUT2D eigenvalue weighted by Crippen LogP contribution is 2.26. The Bertz CT molecular complexity index is 1900. The summed E-state index contributed by atoms with van der Waals surface area (Å²) >= 11 is 5.96. The number of carbonyl (C=O) groups is 2. The van der Waals surface area contributed by atoms with Crippen molar-refractivity contribution >= 4 is 47.5 Å². The first-order chi connectivity index (χ1) is 29.0. The van der Waals surface area contributed by atoms with E-state index in [2.05, 4.69) is 30.7 Å². The molecule has 60 heavy (non-hydrogen) atoms. The molecule has 0 aliphatic rings. The molecule has 0 fully saturated rings. The van der Waals surface area contributed by atoms with Gasteiger partial charge in [-0.05, 0) is 48.5 Å². The van der Waals surface area contributed by atoms with Gasteiger partial charge >= 0.3 is 13.5 Å². The predicted octanol–water partition coefficient (Wildman–Crippen LogP) is 3.38. The fraction of sp³-hybridized carbons (Fsp3) is 0.385. The van der Waals surface area contributed by atoms with Gasteiger partial charge in [-0.1, -0.05) is 29.8 Å². The molecule has 324 valence electrons. The van der Waals surface area contributed by atoms with E-state index in [0.29, 0.717) is 100.0 Å². The zero-order valence-corrected chi connectivity index (χ0v) is 33.2. The summed E-state index contributed by atoms with van der Waals surface area (Å²) in [5.74, 6) is -0.590. The Balaban J connectivity index is 0.931. The van der Waals surface area contributed by atoms with Crippen LogP contribution in [-0.4, -0.2) is 138 Å². The van der Waals surface area contributed by atoms with Crippen molar-refractivity contribution in [1.29, 1.82) is 0 Å². The summed E-state index contributed by atoms with van der Waals surface area (Å²) in [4.78, 5) is 33.4. The van der Waals surface area contributed by atoms with Crippen LogP contribution in [0.2, 0.25) is 5.02 Å². The number of amides is 2. The quantitative estimate of drug-likeness (QED) is 0.0411. The fourth-order valence-corrected chi connectivity index (χ4v) is 5.33. The van der Waals surface area contributed by atoms with Gasteiger partial charge in [0.1, 0.15) is 17.9 Å². The summed E-state index contributed by atoms with van der Waals surface area (Å²) in [7, 11) is -1.71. The van der Waals surface area contributed by atoms with E-state index < -0.39 is 13.5 Å². The van der Waals surface area contributed by atoms with Crippen molar-refractivity contribution in [3.63, 3.8) is 0 Å². The lowest BCUT2D eigenvalue weighted by Crippen LogP contribution is -2.32. The Morgan fingerprint density at radius 1 is 0.650 bits per heavy atom. The molecule has 4 aromatic rings. The van der Waals surface area contributed by atoms with Crippen LogP contribution in [0.1, 0.15) is 20.7 Å². The van der Waals surface area contributed by atoms with Gasteiger partial charge in [0.25, 0.3) is 11.8 Å². The van der Waals surface area contributed by atoms with Crippen molar-refractivity contribution < 1.29 is 66.0 Å². The Morgan fingerprint density at radius 2 is 1.17 bits per heavy atom. The molecule has 0 saturated heterocycles. The molecule has 0 aliphatic carbocycles. The second-order valence-electron chi connectivity index (χ2n) is 12.4. The Morgan fingerprint density at radius 3 is 1.67 bits per heavy atom. The zero-order chi connectivity index (χ0) is 43.0. The minimum atomic E-state index is -4.78. The summed E-state index contributed by atoms with van der Waals surface area (Å²) < 4.78 is 74.0.